The molecule has 0 aliphatic carbocycles. The van der Waals surface area contributed by atoms with Gasteiger partial charge in [0, 0.05) is 66.1 Å². The minimum atomic E-state index is -2.42. The van der Waals surface area contributed by atoms with E-state index in [0.29, 0.717) is 10.6 Å². The van der Waals surface area contributed by atoms with Gasteiger partial charge >= 0.3 is 11.8 Å². The number of nitrogens with two attached hydrogens (primary N) is 1. The van der Waals surface area contributed by atoms with Gasteiger partial charge in [0.1, 0.15) is 101 Å². The number of benzene rings is 6. The summed E-state index contributed by atoms with van der Waals surface area (Å²) in [4.78, 5) is 168. The molecule has 10 amide bonds. The Morgan fingerprint density at radius 1 is 0.723 bits per heavy atom. The van der Waals surface area contributed by atoms with Gasteiger partial charge in [0.25, 0.3) is 5.91 Å². The molecule has 14 rings (SSSR count). The number of aliphatic hydroxyl groups excluding tert-OH is 6. The van der Waals surface area contributed by atoms with Crippen molar-refractivity contribution in [3.63, 3.8) is 0 Å². The Morgan fingerprint density at radius 3 is 2.02 bits per heavy atom. The SMILES string of the molecule is CNC(CC(C)C)C(=O)NC1C(=O)NC(CC(N)=O)C(=O)NC2C(=O)NC3C(=O)NC(C(=O)N[C@@H](C(=O)NOCCNC(=O)OC)c4cc(O)cc(O)c4-c4cc3ccc4O)C(O)c3ccc(c(Cl)c3)Oc3cc2cc(c3OC2OC(CO)C(O)C(O)C2OC2C[C@@](C)(NCCn3ccc(NC(=O)/C=C/c4ccc(Cl)cc4)nc3=O)C(O)C(C)O2)Oc2ccc(cc2Cl)C1O. The average Bonchev–Trinajstić information content (AvgIpc) is 0.766. The number of rotatable bonds is 24. The third-order valence-electron chi connectivity index (χ3n) is 21.9. The maximum absolute atomic E-state index is 16.4. The fourth-order valence-corrected chi connectivity index (χ4v) is 15.7. The van der Waals surface area contributed by atoms with E-state index >= 15 is 24.0 Å². The van der Waals surface area contributed by atoms with Crippen molar-refractivity contribution in [2.45, 2.75) is 163 Å². The number of primary amides is 1. The number of nitrogens with zero attached hydrogens (tertiary/aromatic N) is 2. The summed E-state index contributed by atoms with van der Waals surface area (Å²) in [6, 6.07) is 7.08. The smallest absolute Gasteiger partial charge is 0.406 e. The Balaban J connectivity index is 0.993. The molecule has 2 fully saturated rings. The zero-order chi connectivity index (χ0) is 94.0. The number of aromatic nitrogens is 2. The minimum Gasteiger partial charge on any atom is -0.508 e. The van der Waals surface area contributed by atoms with Gasteiger partial charge in [0.15, 0.2) is 23.9 Å². The zero-order valence-corrected chi connectivity index (χ0v) is 72.3. The van der Waals surface area contributed by atoms with Crippen LogP contribution < -0.4 is 84.3 Å². The number of hydrogen-bond donors (Lipinski definition) is 21. The Hall–Kier alpha value is -12.4. The topological polar surface area (TPSA) is 620 Å². The molecular formula is C85H95Cl3N14O28. The molecule has 6 aromatic carbocycles. The van der Waals surface area contributed by atoms with E-state index in [9.17, 15) is 74.7 Å². The first-order chi connectivity index (χ1) is 61.8. The van der Waals surface area contributed by atoms with Crippen molar-refractivity contribution in [3.05, 3.63) is 180 Å². The van der Waals surface area contributed by atoms with Gasteiger partial charge in [0.05, 0.1) is 55.0 Å². The molecule has 130 heavy (non-hydrogen) atoms. The van der Waals surface area contributed by atoms with E-state index in [4.69, 9.17) is 73.8 Å². The van der Waals surface area contributed by atoms with E-state index in [1.54, 1.807) is 45.0 Å². The van der Waals surface area contributed by atoms with Crippen molar-refractivity contribution in [2.75, 3.05) is 45.8 Å². The van der Waals surface area contributed by atoms with Crippen LogP contribution in [0.15, 0.2) is 126 Å². The van der Waals surface area contributed by atoms with Crippen LogP contribution in [0.2, 0.25) is 15.1 Å². The van der Waals surface area contributed by atoms with Gasteiger partial charge in [-0.1, -0.05) is 79.0 Å². The first-order valence-corrected chi connectivity index (χ1v) is 41.7. The van der Waals surface area contributed by atoms with E-state index in [1.165, 1.54) is 55.1 Å². The number of anilines is 1. The van der Waals surface area contributed by atoms with Crippen molar-refractivity contribution in [1.82, 2.24) is 62.9 Å². The lowest BCUT2D eigenvalue weighted by molar-refractivity contribution is -0.334. The van der Waals surface area contributed by atoms with Crippen LogP contribution in [0.3, 0.4) is 0 Å². The standard InChI is InChI=1S/C85H95Cl3N14O28/c1-36(2)25-49(90-5)75(114)99-66-68(109)40-11-16-53(47(87)27-40)126-55-29-42-30-56(72(55)130-82-73(71(112)70(111)57(35-103)128-82)129-61-34-85(4,74(113)37(3)125-61)92-20-23-102-22-19-59(95-83(102)121)94-60(108)18-9-38-7-13-43(86)14-8-38)127-54-17-12-41(28-48(54)88)69(110)67-80(119)98-65(81(120)101-124-24-21-91-84(122)123-6)46-31-44(104)32-52(106)62(46)45-26-39(10-15-51(45)105)63(77(116)100-67)97-78(117)64(42)96-76(115)50(33-58(89)107)93-79(66)118/h7-19,22,26-32,36-37,49-50,57,61,63-71,73-74,82,90,92,103-106,109-113H,20-21,23-25,33-35H2,1-6H3,(H2,89,107)(H,91,122)(H,93,118)(H,96,115)(H,97,117)(H,98,119)(H,99,114)(H,100,116)(H,101,120)(H,94,95,108,121)/b18-9+/t37?,49?,50?,57?,61?,63?,64?,65-,66?,67?,68?,69?,70?,71?,73?,74?,82?,85-/m1/s1. The molecule has 7 aliphatic heterocycles. The highest BCUT2D eigenvalue weighted by Gasteiger charge is 2.52. The highest BCUT2D eigenvalue weighted by molar-refractivity contribution is 6.32. The molecule has 42 nitrogen and oxygen atoms in total. The summed E-state index contributed by atoms with van der Waals surface area (Å²) < 4.78 is 45.2. The van der Waals surface area contributed by atoms with Crippen LogP contribution in [0.25, 0.3) is 17.2 Å². The molecule has 8 heterocycles. The molecular weight excluding hydrogens is 1770 g/mol. The molecule has 16 unspecified atom stereocenters. The number of nitrogens with one attached hydrogen (secondary N) is 11. The number of halogens is 3. The summed E-state index contributed by atoms with van der Waals surface area (Å²) in [7, 11) is 2.54. The van der Waals surface area contributed by atoms with Crippen LogP contribution in [0.1, 0.15) is 111 Å². The lowest BCUT2D eigenvalue weighted by Gasteiger charge is -2.48. The van der Waals surface area contributed by atoms with Gasteiger partial charge in [-0.05, 0) is 145 Å². The van der Waals surface area contributed by atoms with Gasteiger partial charge in [-0.2, -0.15) is 4.98 Å². The number of aromatic hydroxyl groups is 3. The fourth-order valence-electron chi connectivity index (χ4n) is 15.2. The predicted molar refractivity (Wildman–Crippen MR) is 458 cm³/mol. The second-order valence-electron chi connectivity index (χ2n) is 31.6. The number of ether oxygens (including phenoxy) is 7. The van der Waals surface area contributed by atoms with Crippen LogP contribution in [-0.2, 0) is 73.5 Å². The summed E-state index contributed by atoms with van der Waals surface area (Å²) in [5.74, 6) is -16.6. The molecule has 0 saturated carbocycles. The van der Waals surface area contributed by atoms with E-state index in [-0.39, 0.29) is 55.3 Å². The van der Waals surface area contributed by atoms with E-state index in [0.717, 1.165) is 73.8 Å². The quantitative estimate of drug-likeness (QED) is 0.0232. The highest BCUT2D eigenvalue weighted by atomic mass is 35.5. The monoisotopic (exact) mass is 1860 g/mol. The van der Waals surface area contributed by atoms with Crippen LogP contribution in [0, 0.1) is 5.92 Å². The highest BCUT2D eigenvalue weighted by Crippen LogP contribution is 2.50. The van der Waals surface area contributed by atoms with Crippen LogP contribution >= 0.6 is 34.8 Å². The fraction of sp³-hybridized carbons (Fsp3) is 0.388. The Morgan fingerprint density at radius 2 is 1.38 bits per heavy atom. The molecule has 2 saturated heterocycles. The lowest BCUT2D eigenvalue weighted by Crippen LogP contribution is -2.65. The number of aliphatic hydroxyl groups is 6. The number of alkyl carbamates (subject to hydrolysis) is 1. The molecule has 7 aliphatic rings. The average molecular weight is 1870 g/mol. The summed E-state index contributed by atoms with van der Waals surface area (Å²) in [5.41, 5.74) is 3.45. The summed E-state index contributed by atoms with van der Waals surface area (Å²) in [5, 5.41) is 132. The molecule has 11 bridgehead atoms. The van der Waals surface area contributed by atoms with Crippen molar-refractivity contribution in [1.29, 1.82) is 0 Å². The summed E-state index contributed by atoms with van der Waals surface area (Å²) >= 11 is 20.4. The Labute approximate surface area is 754 Å². The number of fused-ring (bicyclic) bond motifs is 15. The van der Waals surface area contributed by atoms with Crippen molar-refractivity contribution < 1.29 is 132 Å². The third-order valence-corrected chi connectivity index (χ3v) is 22.7. The van der Waals surface area contributed by atoms with E-state index in [1.807, 2.05) is 0 Å². The number of amides is 10. The number of carbonyl (C=O) groups excluding carboxylic acids is 10. The molecule has 22 N–H and O–H groups in total. The maximum Gasteiger partial charge on any atom is 0.406 e. The molecule has 0 spiro atoms. The largest absolute Gasteiger partial charge is 0.508 e. The molecule has 18 atom stereocenters. The number of hydrogen-bond acceptors (Lipinski definition) is 31. The van der Waals surface area contributed by atoms with Crippen molar-refractivity contribution in [3.8, 4) is 57.1 Å². The van der Waals surface area contributed by atoms with E-state index < -0.39 is 278 Å². The Bertz CT molecular complexity index is 5540. The first-order valence-electron chi connectivity index (χ1n) is 40.6. The minimum absolute atomic E-state index is 0.0434. The van der Waals surface area contributed by atoms with Crippen molar-refractivity contribution in [2.24, 2.45) is 11.7 Å². The summed E-state index contributed by atoms with van der Waals surface area (Å²) in [6.07, 6.45) is -16.4. The Kier molecular flexibility index (Phi) is 31.3. The van der Waals surface area contributed by atoms with Crippen LogP contribution in [-0.4, -0.2) is 234 Å². The zero-order valence-electron chi connectivity index (χ0n) is 70.1. The molecule has 0 radical (unpaired) electrons. The number of carbonyl (C=O) groups is 10. The van der Waals surface area contributed by atoms with Crippen LogP contribution in [0.4, 0.5) is 10.6 Å². The van der Waals surface area contributed by atoms with Crippen molar-refractivity contribution >= 4 is 106 Å². The molecule has 7 aromatic rings. The third kappa shape index (κ3) is 22.7. The molecule has 694 valence electrons. The van der Waals surface area contributed by atoms with Gasteiger partial charge < -0.3 is 138 Å². The van der Waals surface area contributed by atoms with Gasteiger partial charge in [0.2, 0.25) is 59.3 Å². The van der Waals surface area contributed by atoms with Gasteiger partial charge in [-0.15, -0.1) is 0 Å². The number of methoxy groups -OCH3 is 1. The number of phenols is 3. The number of likely N-dealkylation sites (N-methyl/N-ethyl adjacent to an activating group) is 1. The normalized spacial score (nSPS) is 25.4. The molecule has 1 aromatic heterocycles. The lowest BCUT2D eigenvalue weighted by atomic mass is 9.85. The molecule has 45 heteroatoms. The van der Waals surface area contributed by atoms with Crippen LogP contribution in [0.5, 0.6) is 46.0 Å². The van der Waals surface area contributed by atoms with E-state index in [2.05, 4.69) is 68.4 Å². The second kappa shape index (κ2) is 42.0. The number of phenolic OH excluding ortho intramolecular Hbond substituents is 3. The summed E-state index contributed by atoms with van der Waals surface area (Å²) in [6.45, 7) is 4.82. The van der Waals surface area contributed by atoms with Gasteiger partial charge in [-0.25, -0.2) is 15.1 Å². The first kappa shape index (κ1) is 96.7. The maximum atomic E-state index is 16.4. The number of hydroxylamine groups is 1. The van der Waals surface area contributed by atoms with Gasteiger partial charge in [-0.3, -0.25) is 52.6 Å². The second-order valence-corrected chi connectivity index (χ2v) is 32.9. The predicted octanol–water partition coefficient (Wildman–Crippen LogP) is 1.62.